The Kier molecular flexibility index (Phi) is 4.60. The van der Waals surface area contributed by atoms with Crippen LogP contribution in [0.5, 0.6) is 5.75 Å². The number of benzene rings is 2. The van der Waals surface area contributed by atoms with Gasteiger partial charge in [0, 0.05) is 5.69 Å². The van der Waals surface area contributed by atoms with Gasteiger partial charge in [0.15, 0.2) is 0 Å². The van der Waals surface area contributed by atoms with E-state index in [1.165, 1.54) is 42.5 Å². The van der Waals surface area contributed by atoms with Crippen molar-refractivity contribution in [1.82, 2.24) is 0 Å². The van der Waals surface area contributed by atoms with Crippen molar-refractivity contribution in [3.05, 3.63) is 59.7 Å². The van der Waals surface area contributed by atoms with Gasteiger partial charge in [-0.3, -0.25) is 4.79 Å². The Bertz CT molecular complexity index is 925. The van der Waals surface area contributed by atoms with E-state index in [9.17, 15) is 13.6 Å². The van der Waals surface area contributed by atoms with E-state index in [1.54, 1.807) is 12.1 Å². The van der Waals surface area contributed by atoms with Crippen LogP contribution in [0.4, 0.5) is 14.5 Å². The van der Waals surface area contributed by atoms with E-state index in [1.807, 2.05) is 0 Å². The van der Waals surface area contributed by atoms with Crippen LogP contribution in [0.3, 0.4) is 0 Å². The SMILES string of the molecule is Cc1ccc(C23C[C@H]4C[C@@H](CC(C(=O)Nc5ccc(OC(F)F)cc5)(C4)C2)C3)cc1. The number of amides is 1. The Morgan fingerprint density at radius 2 is 1.63 bits per heavy atom. The normalized spacial score (nSPS) is 31.7. The smallest absolute Gasteiger partial charge is 0.387 e. The predicted molar refractivity (Wildman–Crippen MR) is 112 cm³/mol. The van der Waals surface area contributed by atoms with Crippen LogP contribution in [-0.4, -0.2) is 12.5 Å². The molecule has 2 aromatic rings. The second-order valence-corrected chi connectivity index (χ2v) is 9.74. The van der Waals surface area contributed by atoms with E-state index in [0.29, 0.717) is 17.5 Å². The number of ether oxygens (including phenoxy) is 1. The highest BCUT2D eigenvalue weighted by Gasteiger charge is 2.60. The zero-order valence-corrected chi connectivity index (χ0v) is 17.2. The van der Waals surface area contributed by atoms with E-state index in [0.717, 1.165) is 19.3 Å². The highest BCUT2D eigenvalue weighted by Crippen LogP contribution is 2.66. The molecule has 1 amide bonds. The number of rotatable bonds is 5. The number of carbonyl (C=O) groups excluding carboxylic acids is 1. The molecule has 158 valence electrons. The average molecular weight is 411 g/mol. The van der Waals surface area contributed by atoms with Gasteiger partial charge in [0.2, 0.25) is 5.91 Å². The minimum absolute atomic E-state index is 0.0793. The molecule has 0 aliphatic heterocycles. The molecule has 1 N–H and O–H groups in total. The summed E-state index contributed by atoms with van der Waals surface area (Å²) in [6, 6.07) is 15.1. The first-order valence-electron chi connectivity index (χ1n) is 10.8. The standard InChI is InChI=1S/C25H27F2NO2/c1-16-2-4-19(5-3-16)24-11-17-10-18(12-24)14-25(13-17,15-24)22(29)28-20-6-8-21(9-7-20)30-23(26)27/h2-9,17-18,23H,10-15H2,1H3,(H,28,29)/t17-,18-,24?,25?/m1/s1. The molecular weight excluding hydrogens is 384 g/mol. The molecule has 4 aliphatic carbocycles. The molecule has 2 atom stereocenters. The first-order chi connectivity index (χ1) is 14.4. The van der Waals surface area contributed by atoms with Crippen molar-refractivity contribution in [3.8, 4) is 5.75 Å². The van der Waals surface area contributed by atoms with Gasteiger partial charge >= 0.3 is 6.61 Å². The number of alkyl halides is 2. The lowest BCUT2D eigenvalue weighted by molar-refractivity contribution is -0.143. The maximum absolute atomic E-state index is 13.5. The molecule has 0 aromatic heterocycles. The molecule has 0 radical (unpaired) electrons. The van der Waals surface area contributed by atoms with Crippen molar-refractivity contribution < 1.29 is 18.3 Å². The van der Waals surface area contributed by atoms with Gasteiger partial charge in [-0.2, -0.15) is 8.78 Å². The Labute approximate surface area is 175 Å². The van der Waals surface area contributed by atoms with Crippen LogP contribution in [-0.2, 0) is 10.2 Å². The molecule has 4 saturated carbocycles. The molecule has 4 aliphatic rings. The molecule has 5 heteroatoms. The van der Waals surface area contributed by atoms with Crippen LogP contribution in [0.1, 0.15) is 49.7 Å². The largest absolute Gasteiger partial charge is 0.435 e. The van der Waals surface area contributed by atoms with E-state index in [2.05, 4.69) is 41.2 Å². The summed E-state index contributed by atoms with van der Waals surface area (Å²) < 4.78 is 29.1. The van der Waals surface area contributed by atoms with Crippen LogP contribution in [0, 0.1) is 24.2 Å². The van der Waals surface area contributed by atoms with Crippen LogP contribution in [0.2, 0.25) is 0 Å². The molecule has 2 aromatic carbocycles. The first kappa shape index (κ1) is 19.5. The summed E-state index contributed by atoms with van der Waals surface area (Å²) in [4.78, 5) is 13.5. The summed E-state index contributed by atoms with van der Waals surface area (Å²) in [6.07, 6.45) is 6.41. The number of hydrogen-bond acceptors (Lipinski definition) is 2. The fraction of sp³-hybridized carbons (Fsp3) is 0.480. The zero-order valence-electron chi connectivity index (χ0n) is 17.2. The summed E-state index contributed by atoms with van der Waals surface area (Å²) >= 11 is 0. The lowest BCUT2D eigenvalue weighted by Gasteiger charge is -2.61. The van der Waals surface area contributed by atoms with Crippen LogP contribution in [0.15, 0.2) is 48.5 Å². The second-order valence-electron chi connectivity index (χ2n) is 9.74. The van der Waals surface area contributed by atoms with Gasteiger partial charge in [0.1, 0.15) is 5.75 Å². The van der Waals surface area contributed by atoms with Crippen LogP contribution in [0.25, 0.3) is 0 Å². The van der Waals surface area contributed by atoms with Gasteiger partial charge in [0.05, 0.1) is 5.41 Å². The van der Waals surface area contributed by atoms with Crippen molar-refractivity contribution in [2.24, 2.45) is 17.3 Å². The first-order valence-corrected chi connectivity index (χ1v) is 10.8. The van der Waals surface area contributed by atoms with E-state index >= 15 is 0 Å². The summed E-state index contributed by atoms with van der Waals surface area (Å²) in [5.41, 5.74) is 3.03. The molecule has 0 spiro atoms. The van der Waals surface area contributed by atoms with Crippen molar-refractivity contribution in [2.75, 3.05) is 5.32 Å². The molecule has 6 rings (SSSR count). The van der Waals surface area contributed by atoms with Gasteiger partial charge in [-0.15, -0.1) is 0 Å². The second kappa shape index (κ2) is 7.07. The fourth-order valence-electron chi connectivity index (χ4n) is 6.76. The number of carbonyl (C=O) groups is 1. The molecule has 30 heavy (non-hydrogen) atoms. The lowest BCUT2D eigenvalue weighted by Crippen LogP contribution is -2.57. The third kappa shape index (κ3) is 3.38. The molecule has 0 heterocycles. The molecule has 4 bridgehead atoms. The summed E-state index contributed by atoms with van der Waals surface area (Å²) in [5, 5.41) is 3.08. The maximum atomic E-state index is 13.5. The van der Waals surface area contributed by atoms with E-state index < -0.39 is 6.61 Å². The average Bonchev–Trinajstić information content (AvgIpc) is 2.68. The van der Waals surface area contributed by atoms with E-state index in [4.69, 9.17) is 0 Å². The van der Waals surface area contributed by atoms with Crippen LogP contribution >= 0.6 is 0 Å². The molecule has 0 unspecified atom stereocenters. The highest BCUT2D eigenvalue weighted by atomic mass is 19.3. The van der Waals surface area contributed by atoms with Gasteiger partial charge < -0.3 is 10.1 Å². The van der Waals surface area contributed by atoms with Gasteiger partial charge in [-0.25, -0.2) is 0 Å². The maximum Gasteiger partial charge on any atom is 0.387 e. The predicted octanol–water partition coefficient (Wildman–Crippen LogP) is 6.07. The monoisotopic (exact) mass is 411 g/mol. The lowest BCUT2D eigenvalue weighted by atomic mass is 9.42. The Morgan fingerprint density at radius 3 is 2.23 bits per heavy atom. The minimum atomic E-state index is -2.85. The van der Waals surface area contributed by atoms with Gasteiger partial charge in [-0.1, -0.05) is 29.8 Å². The topological polar surface area (TPSA) is 38.3 Å². The third-order valence-electron chi connectivity index (χ3n) is 7.54. The van der Waals surface area contributed by atoms with E-state index in [-0.39, 0.29) is 22.5 Å². The quantitative estimate of drug-likeness (QED) is 0.648. The summed E-state index contributed by atoms with van der Waals surface area (Å²) in [7, 11) is 0. The van der Waals surface area contributed by atoms with Crippen molar-refractivity contribution in [2.45, 2.75) is 57.5 Å². The Balaban J connectivity index is 1.38. The number of nitrogens with one attached hydrogen (secondary N) is 1. The van der Waals surface area contributed by atoms with Crippen molar-refractivity contribution >= 4 is 11.6 Å². The molecular formula is C25H27F2NO2. The molecule has 4 fully saturated rings. The number of aryl methyl sites for hydroxylation is 1. The Morgan fingerprint density at radius 1 is 1.00 bits per heavy atom. The van der Waals surface area contributed by atoms with Crippen molar-refractivity contribution in [3.63, 3.8) is 0 Å². The third-order valence-corrected chi connectivity index (χ3v) is 7.54. The molecule has 0 saturated heterocycles. The molecule has 3 nitrogen and oxygen atoms in total. The van der Waals surface area contributed by atoms with Crippen molar-refractivity contribution in [1.29, 1.82) is 0 Å². The van der Waals surface area contributed by atoms with Gasteiger partial charge in [-0.05, 0) is 92.5 Å². The minimum Gasteiger partial charge on any atom is -0.435 e. The fourth-order valence-corrected chi connectivity index (χ4v) is 6.76. The van der Waals surface area contributed by atoms with Crippen LogP contribution < -0.4 is 10.1 Å². The summed E-state index contributed by atoms with van der Waals surface area (Å²) in [5.74, 6) is 1.37. The Hall–Kier alpha value is -2.43. The summed E-state index contributed by atoms with van der Waals surface area (Å²) in [6.45, 7) is -0.744. The highest BCUT2D eigenvalue weighted by molar-refractivity contribution is 5.96. The number of anilines is 1. The van der Waals surface area contributed by atoms with Gasteiger partial charge in [0.25, 0.3) is 0 Å². The number of halogens is 2. The zero-order chi connectivity index (χ0) is 20.9. The number of hydrogen-bond donors (Lipinski definition) is 1.